The van der Waals surface area contributed by atoms with Gasteiger partial charge < -0.3 is 5.32 Å². The van der Waals surface area contributed by atoms with Crippen LogP contribution in [0.1, 0.15) is 39.5 Å². The molecule has 0 unspecified atom stereocenters. The molecule has 6 heteroatoms. The van der Waals surface area contributed by atoms with Gasteiger partial charge in [0.25, 0.3) is 5.91 Å². The van der Waals surface area contributed by atoms with Crippen LogP contribution in [-0.4, -0.2) is 28.7 Å². The second-order valence-corrected chi connectivity index (χ2v) is 9.16. The highest BCUT2D eigenvalue weighted by Gasteiger charge is 2.21. The molecular formula is C28H26ClN3OS. The first-order chi connectivity index (χ1) is 16.6. The summed E-state index contributed by atoms with van der Waals surface area (Å²) in [6.07, 6.45) is 2.69. The summed E-state index contributed by atoms with van der Waals surface area (Å²) in [5.41, 5.74) is 4.98. The Morgan fingerprint density at radius 3 is 2.18 bits per heavy atom. The number of halogens is 1. The number of carbonyl (C=O) groups is 1. The molecule has 0 aliphatic rings. The predicted molar refractivity (Wildman–Crippen MR) is 141 cm³/mol. The van der Waals surface area contributed by atoms with E-state index in [1.54, 1.807) is 0 Å². The van der Waals surface area contributed by atoms with Crippen molar-refractivity contribution in [1.29, 1.82) is 0 Å². The SMILES string of the molecule is CSc1nc(C)c(C(=O)NCCC(c2ccccc2)c2ccccc2)c(-c2cccc(Cl)c2)n1. The van der Waals surface area contributed by atoms with Crippen LogP contribution in [0.3, 0.4) is 0 Å². The Balaban J connectivity index is 1.58. The molecule has 0 saturated carbocycles. The Kier molecular flexibility index (Phi) is 7.99. The van der Waals surface area contributed by atoms with E-state index >= 15 is 0 Å². The third-order valence-electron chi connectivity index (χ3n) is 5.70. The minimum atomic E-state index is -0.181. The summed E-state index contributed by atoms with van der Waals surface area (Å²) in [4.78, 5) is 22.5. The van der Waals surface area contributed by atoms with E-state index in [2.05, 4.69) is 63.8 Å². The van der Waals surface area contributed by atoms with E-state index in [4.69, 9.17) is 11.6 Å². The minimum Gasteiger partial charge on any atom is -0.352 e. The lowest BCUT2D eigenvalue weighted by molar-refractivity contribution is 0.0952. The molecular weight excluding hydrogens is 462 g/mol. The van der Waals surface area contributed by atoms with Crippen LogP contribution in [0.4, 0.5) is 0 Å². The van der Waals surface area contributed by atoms with Crippen LogP contribution in [0.2, 0.25) is 5.02 Å². The van der Waals surface area contributed by atoms with Gasteiger partial charge >= 0.3 is 0 Å². The number of nitrogens with one attached hydrogen (secondary N) is 1. The number of thioether (sulfide) groups is 1. The minimum absolute atomic E-state index is 0.181. The molecule has 1 heterocycles. The highest BCUT2D eigenvalue weighted by Crippen LogP contribution is 2.29. The molecule has 0 spiro atoms. The molecule has 1 aromatic heterocycles. The largest absolute Gasteiger partial charge is 0.352 e. The monoisotopic (exact) mass is 487 g/mol. The molecule has 0 radical (unpaired) electrons. The van der Waals surface area contributed by atoms with Gasteiger partial charge in [-0.3, -0.25) is 4.79 Å². The lowest BCUT2D eigenvalue weighted by atomic mass is 9.88. The highest BCUT2D eigenvalue weighted by molar-refractivity contribution is 7.98. The molecule has 0 aliphatic heterocycles. The third kappa shape index (κ3) is 5.66. The molecule has 34 heavy (non-hydrogen) atoms. The zero-order valence-corrected chi connectivity index (χ0v) is 20.7. The number of hydrogen-bond donors (Lipinski definition) is 1. The number of carbonyl (C=O) groups excluding carboxylic acids is 1. The summed E-state index contributed by atoms with van der Waals surface area (Å²) in [5, 5.41) is 4.33. The van der Waals surface area contributed by atoms with E-state index in [-0.39, 0.29) is 11.8 Å². The van der Waals surface area contributed by atoms with Crippen molar-refractivity contribution in [1.82, 2.24) is 15.3 Å². The third-order valence-corrected chi connectivity index (χ3v) is 6.48. The fourth-order valence-electron chi connectivity index (χ4n) is 4.07. The van der Waals surface area contributed by atoms with Crippen molar-refractivity contribution in [2.75, 3.05) is 12.8 Å². The summed E-state index contributed by atoms with van der Waals surface area (Å²) >= 11 is 7.67. The van der Waals surface area contributed by atoms with Gasteiger partial charge in [0, 0.05) is 23.0 Å². The number of aryl methyl sites for hydroxylation is 1. The first kappa shape index (κ1) is 24.0. The average molecular weight is 488 g/mol. The zero-order valence-electron chi connectivity index (χ0n) is 19.2. The van der Waals surface area contributed by atoms with Gasteiger partial charge in [0.05, 0.1) is 17.0 Å². The van der Waals surface area contributed by atoms with Gasteiger partial charge in [0.15, 0.2) is 5.16 Å². The van der Waals surface area contributed by atoms with Crippen LogP contribution in [0.25, 0.3) is 11.3 Å². The summed E-state index contributed by atoms with van der Waals surface area (Å²) in [7, 11) is 0. The Morgan fingerprint density at radius 1 is 0.941 bits per heavy atom. The van der Waals surface area contributed by atoms with Crippen molar-refractivity contribution in [2.45, 2.75) is 24.4 Å². The van der Waals surface area contributed by atoms with Crippen molar-refractivity contribution >= 4 is 29.3 Å². The summed E-state index contributed by atoms with van der Waals surface area (Å²) in [6, 6.07) is 28.2. The number of hydrogen-bond acceptors (Lipinski definition) is 4. The zero-order chi connectivity index (χ0) is 23.9. The number of nitrogens with zero attached hydrogens (tertiary/aromatic N) is 2. The lowest BCUT2D eigenvalue weighted by Gasteiger charge is -2.19. The first-order valence-electron chi connectivity index (χ1n) is 11.1. The van der Waals surface area contributed by atoms with Gasteiger partial charge in [0.2, 0.25) is 0 Å². The fraction of sp³-hybridized carbons (Fsp3) is 0.179. The summed E-state index contributed by atoms with van der Waals surface area (Å²) in [6.45, 7) is 2.37. The number of benzene rings is 3. The van der Waals surface area contributed by atoms with Gasteiger partial charge in [-0.1, -0.05) is 96.2 Å². The molecule has 0 aliphatic carbocycles. The van der Waals surface area contributed by atoms with Crippen LogP contribution >= 0.6 is 23.4 Å². The van der Waals surface area contributed by atoms with Crippen molar-refractivity contribution < 1.29 is 4.79 Å². The maximum atomic E-state index is 13.4. The molecule has 0 fully saturated rings. The van der Waals surface area contributed by atoms with Crippen LogP contribution in [-0.2, 0) is 0 Å². The second-order valence-electron chi connectivity index (χ2n) is 7.95. The number of rotatable bonds is 8. The lowest BCUT2D eigenvalue weighted by Crippen LogP contribution is -2.28. The Labute approximate surface area is 209 Å². The molecule has 4 aromatic rings. The van der Waals surface area contributed by atoms with E-state index < -0.39 is 0 Å². The van der Waals surface area contributed by atoms with Crippen molar-refractivity contribution in [2.24, 2.45) is 0 Å². The molecule has 1 amide bonds. The van der Waals surface area contributed by atoms with E-state index in [1.807, 2.05) is 49.6 Å². The predicted octanol–water partition coefficient (Wildman–Crippen LogP) is 6.78. The molecule has 4 rings (SSSR count). The topological polar surface area (TPSA) is 54.9 Å². The number of aromatic nitrogens is 2. The molecule has 0 saturated heterocycles. The van der Waals surface area contributed by atoms with E-state index in [0.717, 1.165) is 12.0 Å². The van der Waals surface area contributed by atoms with E-state index in [0.29, 0.717) is 33.7 Å². The van der Waals surface area contributed by atoms with Crippen molar-refractivity contribution in [3.8, 4) is 11.3 Å². The second kappa shape index (κ2) is 11.3. The van der Waals surface area contributed by atoms with Crippen LogP contribution in [0.15, 0.2) is 90.1 Å². The Morgan fingerprint density at radius 2 is 1.59 bits per heavy atom. The standard InChI is InChI=1S/C28H26ClN3OS/c1-19-25(26(32-28(31-19)34-2)22-14-9-15-23(29)18-22)27(33)30-17-16-24(20-10-5-3-6-11-20)21-12-7-4-8-13-21/h3-15,18,24H,16-17H2,1-2H3,(H,30,33). The summed E-state index contributed by atoms with van der Waals surface area (Å²) < 4.78 is 0. The van der Waals surface area contributed by atoms with Gasteiger partial charge in [-0.25, -0.2) is 9.97 Å². The van der Waals surface area contributed by atoms with Crippen molar-refractivity contribution in [3.05, 3.63) is 112 Å². The molecule has 3 aromatic carbocycles. The van der Waals surface area contributed by atoms with Crippen molar-refractivity contribution in [3.63, 3.8) is 0 Å². The molecule has 0 atom stereocenters. The van der Waals surface area contributed by atoms with Crippen LogP contribution in [0, 0.1) is 6.92 Å². The van der Waals surface area contributed by atoms with Gasteiger partial charge in [-0.05, 0) is 42.9 Å². The maximum absolute atomic E-state index is 13.4. The van der Waals surface area contributed by atoms with Gasteiger partial charge in [0.1, 0.15) is 0 Å². The molecule has 4 nitrogen and oxygen atoms in total. The van der Waals surface area contributed by atoms with Gasteiger partial charge in [-0.15, -0.1) is 0 Å². The Hall–Kier alpha value is -3.15. The Bertz CT molecular complexity index is 1230. The normalized spacial score (nSPS) is 10.9. The van der Waals surface area contributed by atoms with E-state index in [1.165, 1.54) is 22.9 Å². The maximum Gasteiger partial charge on any atom is 0.255 e. The molecule has 1 N–H and O–H groups in total. The van der Waals surface area contributed by atoms with Gasteiger partial charge in [-0.2, -0.15) is 0 Å². The molecule has 172 valence electrons. The van der Waals surface area contributed by atoms with E-state index in [9.17, 15) is 4.79 Å². The fourth-order valence-corrected chi connectivity index (χ4v) is 4.67. The quantitative estimate of drug-likeness (QED) is 0.220. The summed E-state index contributed by atoms with van der Waals surface area (Å²) in [5.74, 6) is 0.00585. The highest BCUT2D eigenvalue weighted by atomic mass is 35.5. The van der Waals surface area contributed by atoms with Crippen LogP contribution in [0.5, 0.6) is 0 Å². The first-order valence-corrected chi connectivity index (χ1v) is 12.7. The molecule has 0 bridgehead atoms. The smallest absolute Gasteiger partial charge is 0.255 e. The van der Waals surface area contributed by atoms with Crippen LogP contribution < -0.4 is 5.32 Å². The number of amides is 1. The average Bonchev–Trinajstić information content (AvgIpc) is 2.87.